The van der Waals surface area contributed by atoms with Crippen molar-refractivity contribution >= 4 is 0 Å². The summed E-state index contributed by atoms with van der Waals surface area (Å²) in [4.78, 5) is 0. The molecule has 0 aliphatic heterocycles. The van der Waals surface area contributed by atoms with Gasteiger partial charge in [0.1, 0.15) is 0 Å². The minimum absolute atomic E-state index is 0.0641. The molecule has 1 aliphatic carbocycles. The van der Waals surface area contributed by atoms with E-state index in [1.807, 2.05) is 0 Å². The summed E-state index contributed by atoms with van der Waals surface area (Å²) >= 11 is 0. The predicted molar refractivity (Wildman–Crippen MR) is 56.6 cm³/mol. The van der Waals surface area contributed by atoms with E-state index >= 15 is 0 Å². The van der Waals surface area contributed by atoms with Gasteiger partial charge in [0.2, 0.25) is 0 Å². The lowest BCUT2D eigenvalue weighted by Gasteiger charge is -2.20. The molecule has 0 amide bonds. The highest BCUT2D eigenvalue weighted by molar-refractivity contribution is 4.96. The van der Waals surface area contributed by atoms with Gasteiger partial charge in [-0.1, -0.05) is 38.3 Å². The van der Waals surface area contributed by atoms with Crippen molar-refractivity contribution in [2.24, 2.45) is 5.92 Å². The third kappa shape index (κ3) is 3.51. The smallest absolute Gasteiger partial charge is 0.0571 e. The van der Waals surface area contributed by atoms with Gasteiger partial charge in [-0.2, -0.15) is 0 Å². The first-order valence-corrected chi connectivity index (χ1v) is 5.58. The molecule has 2 atom stereocenters. The van der Waals surface area contributed by atoms with Gasteiger partial charge in [-0.15, -0.1) is 0 Å². The molecule has 1 saturated carbocycles. The topological polar surface area (TPSA) is 20.2 Å². The SMILES string of the molecule is C=C(CC)CC1CCCCCC1O. The second-order valence-corrected chi connectivity index (χ2v) is 4.27. The van der Waals surface area contributed by atoms with Gasteiger partial charge in [0.05, 0.1) is 6.10 Å². The molecule has 0 aromatic rings. The maximum Gasteiger partial charge on any atom is 0.0571 e. The Morgan fingerprint density at radius 2 is 2.00 bits per heavy atom. The summed E-state index contributed by atoms with van der Waals surface area (Å²) in [7, 11) is 0. The summed E-state index contributed by atoms with van der Waals surface area (Å²) in [6.45, 7) is 6.17. The highest BCUT2D eigenvalue weighted by Crippen LogP contribution is 2.28. The molecule has 0 aromatic heterocycles. The fourth-order valence-corrected chi connectivity index (χ4v) is 2.12. The Bertz CT molecular complexity index is 163. The standard InChI is InChI=1S/C12H22O/c1-3-10(2)9-11-7-5-4-6-8-12(11)13/h11-13H,2-9H2,1H3. The molecule has 0 spiro atoms. The zero-order chi connectivity index (χ0) is 9.68. The molecule has 0 saturated heterocycles. The molecule has 1 heteroatoms. The first-order chi connectivity index (χ1) is 6.24. The van der Waals surface area contributed by atoms with Gasteiger partial charge in [-0.25, -0.2) is 0 Å². The number of hydrogen-bond acceptors (Lipinski definition) is 1. The molecular weight excluding hydrogens is 160 g/mol. The van der Waals surface area contributed by atoms with Crippen LogP contribution in [-0.4, -0.2) is 11.2 Å². The second-order valence-electron chi connectivity index (χ2n) is 4.27. The van der Waals surface area contributed by atoms with Gasteiger partial charge < -0.3 is 5.11 Å². The van der Waals surface area contributed by atoms with E-state index in [4.69, 9.17) is 0 Å². The molecule has 1 nitrogen and oxygen atoms in total. The average Bonchev–Trinajstić information content (AvgIpc) is 2.32. The van der Waals surface area contributed by atoms with Crippen LogP contribution in [0.25, 0.3) is 0 Å². The van der Waals surface area contributed by atoms with Gasteiger partial charge in [-0.3, -0.25) is 0 Å². The third-order valence-electron chi connectivity index (χ3n) is 3.17. The Kier molecular flexibility index (Phi) is 4.51. The van der Waals surface area contributed by atoms with Crippen molar-refractivity contribution in [2.45, 2.75) is 58.0 Å². The fourth-order valence-electron chi connectivity index (χ4n) is 2.12. The zero-order valence-corrected chi connectivity index (χ0v) is 8.76. The minimum atomic E-state index is -0.0641. The van der Waals surface area contributed by atoms with Crippen LogP contribution >= 0.6 is 0 Å². The molecular formula is C12H22O. The van der Waals surface area contributed by atoms with E-state index in [2.05, 4.69) is 13.5 Å². The van der Waals surface area contributed by atoms with Crippen LogP contribution in [0.1, 0.15) is 51.9 Å². The highest BCUT2D eigenvalue weighted by atomic mass is 16.3. The van der Waals surface area contributed by atoms with Crippen molar-refractivity contribution in [1.29, 1.82) is 0 Å². The van der Waals surface area contributed by atoms with Crippen LogP contribution in [0.3, 0.4) is 0 Å². The number of aliphatic hydroxyl groups excluding tert-OH is 1. The molecule has 0 bridgehead atoms. The van der Waals surface area contributed by atoms with Gasteiger partial charge in [0, 0.05) is 0 Å². The van der Waals surface area contributed by atoms with Crippen LogP contribution in [0.4, 0.5) is 0 Å². The van der Waals surface area contributed by atoms with Gasteiger partial charge in [-0.05, 0) is 31.6 Å². The molecule has 1 N–H and O–H groups in total. The first-order valence-electron chi connectivity index (χ1n) is 5.58. The van der Waals surface area contributed by atoms with Gasteiger partial charge >= 0.3 is 0 Å². The number of aliphatic hydroxyl groups is 1. The third-order valence-corrected chi connectivity index (χ3v) is 3.17. The Hall–Kier alpha value is -0.300. The predicted octanol–water partition coefficient (Wildman–Crippen LogP) is 3.28. The molecule has 0 heterocycles. The number of allylic oxidation sites excluding steroid dienone is 1. The van der Waals surface area contributed by atoms with Crippen LogP contribution in [0, 0.1) is 5.92 Å². The van der Waals surface area contributed by atoms with E-state index < -0.39 is 0 Å². The van der Waals surface area contributed by atoms with E-state index in [0.29, 0.717) is 5.92 Å². The van der Waals surface area contributed by atoms with Crippen molar-refractivity contribution < 1.29 is 5.11 Å². The summed E-state index contributed by atoms with van der Waals surface area (Å²) < 4.78 is 0. The number of hydrogen-bond donors (Lipinski definition) is 1. The average molecular weight is 182 g/mol. The minimum Gasteiger partial charge on any atom is -0.393 e. The van der Waals surface area contributed by atoms with Crippen molar-refractivity contribution in [3.05, 3.63) is 12.2 Å². The van der Waals surface area contributed by atoms with Crippen LogP contribution in [0.15, 0.2) is 12.2 Å². The summed E-state index contributed by atoms with van der Waals surface area (Å²) in [6, 6.07) is 0. The highest BCUT2D eigenvalue weighted by Gasteiger charge is 2.21. The lowest BCUT2D eigenvalue weighted by Crippen LogP contribution is -2.19. The molecule has 0 radical (unpaired) electrons. The Morgan fingerprint density at radius 3 is 2.69 bits per heavy atom. The van der Waals surface area contributed by atoms with Crippen molar-refractivity contribution in [3.8, 4) is 0 Å². The van der Waals surface area contributed by atoms with Crippen molar-refractivity contribution in [1.82, 2.24) is 0 Å². The maximum atomic E-state index is 9.85. The van der Waals surface area contributed by atoms with E-state index in [9.17, 15) is 5.11 Å². The summed E-state index contributed by atoms with van der Waals surface area (Å²) in [5.74, 6) is 0.495. The Morgan fingerprint density at radius 1 is 1.31 bits per heavy atom. The quantitative estimate of drug-likeness (QED) is 0.524. The lowest BCUT2D eigenvalue weighted by molar-refractivity contribution is 0.100. The summed E-state index contributed by atoms with van der Waals surface area (Å²) in [5.41, 5.74) is 1.30. The molecule has 1 aliphatic rings. The van der Waals surface area contributed by atoms with Crippen molar-refractivity contribution in [2.75, 3.05) is 0 Å². The van der Waals surface area contributed by atoms with E-state index in [-0.39, 0.29) is 6.10 Å². The first kappa shape index (κ1) is 10.8. The number of rotatable bonds is 3. The molecule has 13 heavy (non-hydrogen) atoms. The molecule has 1 fully saturated rings. The normalized spacial score (nSPS) is 29.7. The van der Waals surface area contributed by atoms with Gasteiger partial charge in [0.25, 0.3) is 0 Å². The maximum absolute atomic E-state index is 9.85. The van der Waals surface area contributed by atoms with E-state index in [1.165, 1.54) is 31.3 Å². The van der Waals surface area contributed by atoms with Crippen LogP contribution < -0.4 is 0 Å². The largest absolute Gasteiger partial charge is 0.393 e. The molecule has 1 rings (SSSR count). The summed E-state index contributed by atoms with van der Waals surface area (Å²) in [6.07, 6.45) is 8.02. The second kappa shape index (κ2) is 5.43. The van der Waals surface area contributed by atoms with Crippen LogP contribution in [0.5, 0.6) is 0 Å². The van der Waals surface area contributed by atoms with Gasteiger partial charge in [0.15, 0.2) is 0 Å². The molecule has 76 valence electrons. The van der Waals surface area contributed by atoms with Crippen molar-refractivity contribution in [3.63, 3.8) is 0 Å². The monoisotopic (exact) mass is 182 g/mol. The Balaban J connectivity index is 2.40. The zero-order valence-electron chi connectivity index (χ0n) is 8.76. The molecule has 0 aromatic carbocycles. The Labute approximate surface area is 81.9 Å². The lowest BCUT2D eigenvalue weighted by atomic mass is 9.90. The van der Waals surface area contributed by atoms with E-state index in [0.717, 1.165) is 19.3 Å². The van der Waals surface area contributed by atoms with E-state index in [1.54, 1.807) is 0 Å². The summed E-state index contributed by atoms with van der Waals surface area (Å²) in [5, 5.41) is 9.85. The van der Waals surface area contributed by atoms with Crippen LogP contribution in [0.2, 0.25) is 0 Å². The fraction of sp³-hybridized carbons (Fsp3) is 0.833. The molecule has 2 unspecified atom stereocenters. The van der Waals surface area contributed by atoms with Crippen LogP contribution in [-0.2, 0) is 0 Å².